The molecule has 0 aromatic heterocycles. The molecule has 0 spiro atoms. The van der Waals surface area contributed by atoms with Crippen molar-refractivity contribution < 1.29 is 44.8 Å². The molecule has 0 unspecified atom stereocenters. The maximum Gasteiger partial charge on any atom is 0.534 e. The summed E-state index contributed by atoms with van der Waals surface area (Å²) in [6.07, 6.45) is 7.15. The van der Waals surface area contributed by atoms with Gasteiger partial charge in [0.15, 0.2) is 0 Å². The fourth-order valence-corrected chi connectivity index (χ4v) is 11.5. The average Bonchev–Trinajstić information content (AvgIpc) is 3.29. The van der Waals surface area contributed by atoms with Crippen LogP contribution in [-0.2, 0) is 28.6 Å². The van der Waals surface area contributed by atoms with E-state index >= 15 is 0 Å². The number of alkyl halides is 3. The average molecular weight is 751 g/mol. The van der Waals surface area contributed by atoms with Gasteiger partial charge in [-0.25, -0.2) is 4.79 Å². The van der Waals surface area contributed by atoms with Gasteiger partial charge in [0.25, 0.3) is 0 Å². The predicted octanol–water partition coefficient (Wildman–Crippen LogP) is 10.3. The molecular formula is C41H57F3O7S. The molecule has 4 aliphatic carbocycles. The zero-order valence-electron chi connectivity index (χ0n) is 32.0. The molecule has 1 aromatic carbocycles. The first kappa shape index (κ1) is 40.4. The third kappa shape index (κ3) is 6.85. The molecule has 1 fully saturated rings. The first-order chi connectivity index (χ1) is 24.2. The second kappa shape index (κ2) is 14.4. The van der Waals surface area contributed by atoms with Crippen LogP contribution in [0, 0.1) is 45.3 Å². The molecule has 5 rings (SSSR count). The molecule has 0 N–H and O–H groups in total. The third-order valence-corrected chi connectivity index (χ3v) is 14.5. The number of hydrogen-bond acceptors (Lipinski definition) is 7. The second-order valence-electron chi connectivity index (χ2n) is 17.2. The van der Waals surface area contributed by atoms with Gasteiger partial charge in [-0.2, -0.15) is 21.6 Å². The number of fused-ring (bicyclic) bond motifs is 4. The van der Waals surface area contributed by atoms with E-state index in [0.717, 1.165) is 30.4 Å². The molecule has 0 radical (unpaired) electrons. The first-order valence-electron chi connectivity index (χ1n) is 19.0. The van der Waals surface area contributed by atoms with Crippen LogP contribution < -0.4 is 0 Å². The summed E-state index contributed by atoms with van der Waals surface area (Å²) in [7, 11) is -6.05. The van der Waals surface area contributed by atoms with Crippen molar-refractivity contribution in [2.24, 2.45) is 45.3 Å². The van der Waals surface area contributed by atoms with Crippen LogP contribution in [0.5, 0.6) is 0 Å². The Kier molecular flexibility index (Phi) is 11.2. The Hall–Kier alpha value is -2.82. The van der Waals surface area contributed by atoms with Crippen LogP contribution in [-0.4, -0.2) is 38.6 Å². The van der Waals surface area contributed by atoms with E-state index in [1.807, 2.05) is 13.0 Å². The standard InChI is InChI=1S/C41H57F3O7S/c1-9-49-35(45)25-40-30-18-19-32-37(5,6)33(50-36(46)28-16-11-10-12-17-28)21-22-38(32,7)29(30)20-23-39(40,8)31(27(4)15-13-14-26(2)3)24-34(40)51-52(47,48)41(42,43)44/h10-12,16-17,24,26-27,31-33H,9,13-15,18-23,25H2,1-8H3/t27-,31-,32+,33+,38-,39-,40-/m1/s1. The largest absolute Gasteiger partial charge is 0.534 e. The van der Waals surface area contributed by atoms with E-state index in [1.54, 1.807) is 37.3 Å². The summed E-state index contributed by atoms with van der Waals surface area (Å²) in [6.45, 7) is 16.6. The maximum atomic E-state index is 14.1. The van der Waals surface area contributed by atoms with Crippen LogP contribution >= 0.6 is 0 Å². The Morgan fingerprint density at radius 2 is 1.62 bits per heavy atom. The molecule has 4 aliphatic rings. The Balaban J connectivity index is 1.63. The van der Waals surface area contributed by atoms with Crippen molar-refractivity contribution in [3.63, 3.8) is 0 Å². The number of allylic oxidation sites excluding steroid dienone is 3. The van der Waals surface area contributed by atoms with Gasteiger partial charge in [-0.05, 0) is 98.2 Å². The molecule has 0 aliphatic heterocycles. The minimum atomic E-state index is -6.05. The summed E-state index contributed by atoms with van der Waals surface area (Å²) in [6, 6.07) is 8.89. The van der Waals surface area contributed by atoms with Crippen LogP contribution in [0.25, 0.3) is 0 Å². The quantitative estimate of drug-likeness (QED) is 0.0908. The molecule has 7 atom stereocenters. The Bertz CT molecular complexity index is 1680. The molecule has 0 bridgehead atoms. The molecule has 7 nitrogen and oxygen atoms in total. The van der Waals surface area contributed by atoms with Crippen molar-refractivity contribution in [2.75, 3.05) is 6.61 Å². The molecule has 52 heavy (non-hydrogen) atoms. The lowest BCUT2D eigenvalue weighted by Crippen LogP contribution is -2.57. The molecular weight excluding hydrogens is 694 g/mol. The molecule has 1 aromatic rings. The van der Waals surface area contributed by atoms with Gasteiger partial charge in [-0.1, -0.05) is 97.1 Å². The lowest BCUT2D eigenvalue weighted by Gasteiger charge is -2.62. The van der Waals surface area contributed by atoms with E-state index in [0.29, 0.717) is 50.0 Å². The fourth-order valence-electron chi connectivity index (χ4n) is 11.0. The maximum absolute atomic E-state index is 14.1. The number of carbonyl (C=O) groups excluding carboxylic acids is 2. The van der Waals surface area contributed by atoms with Gasteiger partial charge in [-0.15, -0.1) is 0 Å². The van der Waals surface area contributed by atoms with Crippen LogP contribution in [0.2, 0.25) is 0 Å². The normalized spacial score (nSPS) is 31.9. The number of esters is 2. The summed E-state index contributed by atoms with van der Waals surface area (Å²) in [5, 5.41) is 0. The minimum Gasteiger partial charge on any atom is -0.466 e. The molecule has 11 heteroatoms. The van der Waals surface area contributed by atoms with Gasteiger partial charge in [0.2, 0.25) is 0 Å². The number of rotatable bonds is 12. The van der Waals surface area contributed by atoms with Crippen molar-refractivity contribution in [2.45, 2.75) is 131 Å². The number of benzene rings is 1. The Labute approximate surface area is 308 Å². The third-order valence-electron chi connectivity index (χ3n) is 13.5. The Morgan fingerprint density at radius 1 is 0.942 bits per heavy atom. The highest BCUT2D eigenvalue weighted by molar-refractivity contribution is 7.87. The number of hydrogen-bond donors (Lipinski definition) is 0. The highest BCUT2D eigenvalue weighted by atomic mass is 32.2. The van der Waals surface area contributed by atoms with E-state index in [9.17, 15) is 31.2 Å². The van der Waals surface area contributed by atoms with E-state index in [1.165, 1.54) is 0 Å². The smallest absolute Gasteiger partial charge is 0.466 e. The molecule has 290 valence electrons. The van der Waals surface area contributed by atoms with Gasteiger partial charge in [-0.3, -0.25) is 4.79 Å². The SMILES string of the molecule is CCOC(=O)C[C@@]12C(OS(=O)(=O)C(F)(F)F)=C[C@H]([C@H](C)CCCC(C)C)[C@@]1(C)CCC1=C2CC[C@H]2C(C)(C)[C@@H](OC(=O)c3ccccc3)CC[C@]12C. The van der Waals surface area contributed by atoms with Gasteiger partial charge >= 0.3 is 27.6 Å². The van der Waals surface area contributed by atoms with Crippen molar-refractivity contribution in [1.82, 2.24) is 0 Å². The number of halogens is 3. The van der Waals surface area contributed by atoms with Gasteiger partial charge in [0.05, 0.1) is 24.0 Å². The minimum absolute atomic E-state index is 0.0113. The van der Waals surface area contributed by atoms with Crippen molar-refractivity contribution >= 4 is 22.1 Å². The van der Waals surface area contributed by atoms with E-state index in [4.69, 9.17) is 13.7 Å². The van der Waals surface area contributed by atoms with Crippen molar-refractivity contribution in [3.8, 4) is 0 Å². The molecule has 1 saturated carbocycles. The Morgan fingerprint density at radius 3 is 2.23 bits per heavy atom. The summed E-state index contributed by atoms with van der Waals surface area (Å²) in [4.78, 5) is 26.9. The number of ether oxygens (including phenoxy) is 2. The van der Waals surface area contributed by atoms with Crippen molar-refractivity contribution in [1.29, 1.82) is 0 Å². The summed E-state index contributed by atoms with van der Waals surface area (Å²) < 4.78 is 84.9. The lowest BCUT2D eigenvalue weighted by molar-refractivity contribution is -0.149. The summed E-state index contributed by atoms with van der Waals surface area (Å²) in [5.74, 6) is -1.08. The van der Waals surface area contributed by atoms with E-state index in [-0.39, 0.29) is 48.6 Å². The zero-order valence-corrected chi connectivity index (χ0v) is 32.8. The summed E-state index contributed by atoms with van der Waals surface area (Å²) >= 11 is 0. The van der Waals surface area contributed by atoms with Crippen molar-refractivity contribution in [3.05, 3.63) is 58.9 Å². The second-order valence-corrected chi connectivity index (χ2v) is 18.8. The molecule has 0 saturated heterocycles. The van der Waals surface area contributed by atoms with Crippen LogP contribution in [0.1, 0.15) is 130 Å². The highest BCUT2D eigenvalue weighted by Gasteiger charge is 2.69. The predicted molar refractivity (Wildman–Crippen MR) is 193 cm³/mol. The summed E-state index contributed by atoms with van der Waals surface area (Å²) in [5.41, 5.74) is -6.43. The van der Waals surface area contributed by atoms with Crippen LogP contribution in [0.4, 0.5) is 13.2 Å². The van der Waals surface area contributed by atoms with Gasteiger partial charge in [0, 0.05) is 5.41 Å². The molecule has 0 amide bonds. The van der Waals surface area contributed by atoms with E-state index in [2.05, 4.69) is 41.5 Å². The first-order valence-corrected chi connectivity index (χ1v) is 20.4. The lowest BCUT2D eigenvalue weighted by atomic mass is 9.42. The number of carbonyl (C=O) groups is 2. The van der Waals surface area contributed by atoms with Gasteiger partial charge < -0.3 is 13.7 Å². The van der Waals surface area contributed by atoms with E-state index < -0.39 is 43.3 Å². The molecule has 0 heterocycles. The topological polar surface area (TPSA) is 96.0 Å². The highest BCUT2D eigenvalue weighted by Crippen LogP contribution is 2.74. The van der Waals surface area contributed by atoms with Gasteiger partial charge in [0.1, 0.15) is 11.9 Å². The fraction of sp³-hybridized carbons (Fsp3) is 0.707. The van der Waals surface area contributed by atoms with Crippen LogP contribution in [0.15, 0.2) is 53.3 Å². The monoisotopic (exact) mass is 750 g/mol. The zero-order chi connectivity index (χ0) is 38.5. The van der Waals surface area contributed by atoms with Crippen LogP contribution in [0.3, 0.4) is 0 Å².